The van der Waals surface area contributed by atoms with Gasteiger partial charge in [0.15, 0.2) is 0 Å². The Morgan fingerprint density at radius 3 is 2.14 bits per heavy atom. The third-order valence-corrected chi connectivity index (χ3v) is 10.8. The number of thioether (sulfide) groups is 1. The van der Waals surface area contributed by atoms with Gasteiger partial charge in [-0.25, -0.2) is 14.4 Å². The molecule has 12 N–H and O–H groups in total. The van der Waals surface area contributed by atoms with Crippen molar-refractivity contribution in [3.63, 3.8) is 0 Å². The molecule has 9 amide bonds. The highest BCUT2D eigenvalue weighted by Gasteiger charge is 2.41. The minimum absolute atomic E-state index is 0.00611. The van der Waals surface area contributed by atoms with Crippen LogP contribution in [0.4, 0.5) is 9.59 Å². The number of phenolic OH excluding ortho intramolecular Hbond substituents is 2. The number of phenols is 2. The van der Waals surface area contributed by atoms with Crippen LogP contribution >= 0.6 is 11.8 Å². The van der Waals surface area contributed by atoms with Crippen molar-refractivity contribution in [3.05, 3.63) is 71.6 Å². The molecule has 0 radical (unpaired) electrons. The first-order chi connectivity index (χ1) is 29.9. The summed E-state index contributed by atoms with van der Waals surface area (Å²) in [5, 5.41) is 55.0. The van der Waals surface area contributed by atoms with E-state index in [1.54, 1.807) is 24.5 Å². The fourth-order valence-electron chi connectivity index (χ4n) is 6.70. The van der Waals surface area contributed by atoms with Gasteiger partial charge < -0.3 is 62.4 Å². The molecule has 2 heterocycles. The van der Waals surface area contributed by atoms with E-state index in [4.69, 9.17) is 10.5 Å². The Hall–Kier alpha value is -6.59. The summed E-state index contributed by atoms with van der Waals surface area (Å²) >= 11 is 1.33. The number of amides is 9. The van der Waals surface area contributed by atoms with E-state index in [2.05, 4.69) is 31.9 Å². The summed E-state index contributed by atoms with van der Waals surface area (Å²) in [4.78, 5) is 106. The van der Waals surface area contributed by atoms with Gasteiger partial charge in [0.25, 0.3) is 0 Å². The van der Waals surface area contributed by atoms with E-state index in [0.29, 0.717) is 16.9 Å². The third kappa shape index (κ3) is 14.2. The molecule has 22 nitrogen and oxygen atoms in total. The molecule has 23 heteroatoms. The molecule has 0 spiro atoms. The maximum atomic E-state index is 14.1. The Morgan fingerprint density at radius 1 is 0.952 bits per heavy atom. The van der Waals surface area contributed by atoms with Crippen LogP contribution in [-0.2, 0) is 46.3 Å². The predicted octanol–water partition coefficient (Wildman–Crippen LogP) is -1.46. The summed E-state index contributed by atoms with van der Waals surface area (Å²) in [7, 11) is 1.33. The van der Waals surface area contributed by atoms with Crippen LogP contribution in [0.25, 0.3) is 0 Å². The van der Waals surface area contributed by atoms with Crippen LogP contribution in [-0.4, -0.2) is 152 Å². The molecule has 2 aliphatic rings. The summed E-state index contributed by atoms with van der Waals surface area (Å²) in [5.41, 5.74) is 6.41. The lowest BCUT2D eigenvalue weighted by molar-refractivity contribution is -0.140. The van der Waals surface area contributed by atoms with Gasteiger partial charge in [-0.05, 0) is 60.7 Å². The number of carbonyl (C=O) groups excluding carboxylic acids is 7. The average Bonchev–Trinajstić information content (AvgIpc) is 3.61. The van der Waals surface area contributed by atoms with Gasteiger partial charge in [0.05, 0.1) is 12.6 Å². The lowest BCUT2D eigenvalue weighted by atomic mass is 10.0. The van der Waals surface area contributed by atoms with Crippen molar-refractivity contribution >= 4 is 59.3 Å². The number of imide groups is 1. The van der Waals surface area contributed by atoms with Gasteiger partial charge in [0, 0.05) is 45.5 Å². The minimum Gasteiger partial charge on any atom is -0.508 e. The number of nitrogens with zero attached hydrogens (tertiary/aromatic N) is 2. The largest absolute Gasteiger partial charge is 0.508 e. The van der Waals surface area contributed by atoms with E-state index in [1.165, 1.54) is 56.1 Å². The number of hydrogen-bond acceptors (Lipinski definition) is 14. The molecule has 63 heavy (non-hydrogen) atoms. The van der Waals surface area contributed by atoms with Crippen molar-refractivity contribution < 1.29 is 63.5 Å². The lowest BCUT2D eigenvalue weighted by Gasteiger charge is -2.34. The molecule has 4 rings (SSSR count). The van der Waals surface area contributed by atoms with Gasteiger partial charge in [-0.3, -0.25) is 34.2 Å². The van der Waals surface area contributed by atoms with E-state index in [9.17, 15) is 58.8 Å². The number of benzene rings is 2. The van der Waals surface area contributed by atoms with Gasteiger partial charge in [0.1, 0.15) is 47.5 Å². The van der Waals surface area contributed by atoms with Crippen molar-refractivity contribution in [2.24, 2.45) is 5.73 Å². The van der Waals surface area contributed by atoms with E-state index >= 15 is 0 Å². The first kappa shape index (κ1) is 49.1. The Morgan fingerprint density at radius 2 is 1.57 bits per heavy atom. The number of urea groups is 2. The molecular weight excluding hydrogens is 847 g/mol. The molecule has 7 atom stereocenters. The standard InChI is InChI=1S/C40H53N9O13S/c1-21(48(2)36(57)28(43-32(54)19-41)16-22-6-4-8-24(50)14-22)33(35(56)42-20-26-18-30(52)37(62-26)49-12-10-31(53)46-40(49)61)47-34(55)27(11-13-63-3)44-39(60)45-29(38(58)59)17-23-7-5-9-25(51)15-23/h4-9,14-15,20-21,27-30,33,37,50-52H,10-13,16-19,41H2,1-3H3,(H,42,56)(H,43,54)(H,47,55)(H,58,59)(H2,44,45,60)(H,46,53,61)/b26-20+/t21?,27-,28-,29-,30?,33?,37?/m0/s1. The minimum atomic E-state index is -1.60. The number of rotatable bonds is 20. The Labute approximate surface area is 366 Å². The number of carbonyl (C=O) groups is 8. The molecule has 4 unspecified atom stereocenters. The average molecular weight is 900 g/mol. The van der Waals surface area contributed by atoms with Crippen LogP contribution in [0.2, 0.25) is 0 Å². The van der Waals surface area contributed by atoms with E-state index in [-0.39, 0.29) is 55.9 Å². The second-order valence-corrected chi connectivity index (χ2v) is 15.8. The first-order valence-electron chi connectivity index (χ1n) is 19.8. The molecule has 0 saturated carbocycles. The summed E-state index contributed by atoms with van der Waals surface area (Å²) in [5.74, 6) is -4.95. The number of carboxylic acids is 1. The normalized spacial score (nSPS) is 19.0. The van der Waals surface area contributed by atoms with Crippen molar-refractivity contribution in [1.29, 1.82) is 0 Å². The van der Waals surface area contributed by atoms with Crippen LogP contribution in [0.15, 0.2) is 60.5 Å². The summed E-state index contributed by atoms with van der Waals surface area (Å²) in [6.07, 6.45) is -0.0827. The quantitative estimate of drug-likeness (QED) is 0.0724. The SMILES string of the molecule is CSCC[C@H](NC(=O)N[C@@H](Cc1cccc(O)c1)C(=O)O)C(=O)NC(C(=O)N/C=C1\CC(O)C(N2CCC(=O)NC2=O)O1)C(C)N(C)C(=O)[C@H](Cc1cccc(O)c1)NC(=O)CN. The smallest absolute Gasteiger partial charge is 0.327 e. The highest BCUT2D eigenvalue weighted by atomic mass is 32.2. The molecule has 0 aromatic heterocycles. The summed E-state index contributed by atoms with van der Waals surface area (Å²) < 4.78 is 5.76. The number of aliphatic carboxylic acids is 1. The Bertz CT molecular complexity index is 2060. The highest BCUT2D eigenvalue weighted by Crippen LogP contribution is 2.27. The monoisotopic (exact) mass is 899 g/mol. The lowest BCUT2D eigenvalue weighted by Crippen LogP contribution is -2.62. The van der Waals surface area contributed by atoms with Crippen LogP contribution < -0.4 is 37.6 Å². The molecule has 2 fully saturated rings. The second-order valence-electron chi connectivity index (χ2n) is 14.8. The number of nitrogens with one attached hydrogen (secondary N) is 6. The Kier molecular flexibility index (Phi) is 17.9. The van der Waals surface area contributed by atoms with E-state index in [1.807, 2.05) is 0 Å². The van der Waals surface area contributed by atoms with E-state index in [0.717, 1.165) is 16.0 Å². The number of carboxylic acid groups (broad SMARTS) is 1. The van der Waals surface area contributed by atoms with Crippen LogP contribution in [0.3, 0.4) is 0 Å². The number of aliphatic hydroxyl groups excluding tert-OH is 1. The molecule has 2 aliphatic heterocycles. The zero-order chi connectivity index (χ0) is 46.4. The second kappa shape index (κ2) is 23.0. The number of aromatic hydroxyl groups is 2. The molecular formula is C40H53N9O13S. The summed E-state index contributed by atoms with van der Waals surface area (Å²) in [6.45, 7) is 0.941. The highest BCUT2D eigenvalue weighted by molar-refractivity contribution is 7.98. The fraction of sp³-hybridized carbons (Fsp3) is 0.450. The van der Waals surface area contributed by atoms with Crippen molar-refractivity contribution in [2.45, 2.75) is 81.6 Å². The van der Waals surface area contributed by atoms with Crippen molar-refractivity contribution in [1.82, 2.24) is 41.7 Å². The fourth-order valence-corrected chi connectivity index (χ4v) is 7.17. The van der Waals surface area contributed by atoms with Crippen LogP contribution in [0.1, 0.15) is 37.3 Å². The molecule has 342 valence electrons. The Balaban J connectivity index is 1.59. The molecule has 0 aliphatic carbocycles. The topological polar surface area (TPSA) is 331 Å². The van der Waals surface area contributed by atoms with Crippen LogP contribution in [0.5, 0.6) is 11.5 Å². The molecule has 2 aromatic carbocycles. The number of aliphatic hydroxyl groups is 1. The summed E-state index contributed by atoms with van der Waals surface area (Å²) in [6, 6.07) is 3.09. The zero-order valence-corrected chi connectivity index (χ0v) is 35.6. The van der Waals surface area contributed by atoms with Gasteiger partial charge >= 0.3 is 18.0 Å². The maximum Gasteiger partial charge on any atom is 0.327 e. The maximum absolute atomic E-state index is 14.1. The van der Waals surface area contributed by atoms with Gasteiger partial charge in [-0.15, -0.1) is 0 Å². The number of likely N-dealkylation sites (N-methyl/N-ethyl adjacent to an activating group) is 1. The van der Waals surface area contributed by atoms with E-state index < -0.39 is 96.7 Å². The zero-order valence-electron chi connectivity index (χ0n) is 34.7. The van der Waals surface area contributed by atoms with Gasteiger partial charge in [-0.1, -0.05) is 24.3 Å². The third-order valence-electron chi connectivity index (χ3n) is 10.2. The number of nitrogens with two attached hydrogens (primary N) is 1. The van der Waals surface area contributed by atoms with Gasteiger partial charge in [-0.2, -0.15) is 11.8 Å². The van der Waals surface area contributed by atoms with Crippen molar-refractivity contribution in [3.8, 4) is 11.5 Å². The molecule has 0 bridgehead atoms. The van der Waals surface area contributed by atoms with Gasteiger partial charge in [0.2, 0.25) is 35.8 Å². The number of hydrogen-bond donors (Lipinski definition) is 11. The first-order valence-corrected chi connectivity index (χ1v) is 21.2. The predicted molar refractivity (Wildman–Crippen MR) is 225 cm³/mol. The molecule has 2 saturated heterocycles. The van der Waals surface area contributed by atoms with Crippen LogP contribution in [0, 0.1) is 0 Å². The molecule has 2 aromatic rings. The number of ether oxygens (including phenoxy) is 1. The van der Waals surface area contributed by atoms with Crippen molar-refractivity contribution in [2.75, 3.05) is 32.1 Å².